The molecule has 0 radical (unpaired) electrons. The van der Waals surface area contributed by atoms with Crippen molar-refractivity contribution in [3.05, 3.63) is 65.2 Å². The normalized spacial score (nSPS) is 12.2. The molecular formula is C17H13N3O3S. The number of nitrogens with zero attached hydrogens (tertiary/aromatic N) is 3. The number of rotatable bonds is 4. The quantitative estimate of drug-likeness (QED) is 0.731. The van der Waals surface area contributed by atoms with Gasteiger partial charge in [-0.05, 0) is 41.4 Å². The molecule has 120 valence electrons. The maximum absolute atomic E-state index is 12.8. The summed E-state index contributed by atoms with van der Waals surface area (Å²) in [5, 5.41) is 5.55. The van der Waals surface area contributed by atoms with Crippen molar-refractivity contribution in [3.63, 3.8) is 0 Å². The molecule has 0 fully saturated rings. The Morgan fingerprint density at radius 3 is 2.75 bits per heavy atom. The van der Waals surface area contributed by atoms with E-state index >= 15 is 0 Å². The summed E-state index contributed by atoms with van der Waals surface area (Å²) in [7, 11) is 0. The molecule has 1 amide bonds. The van der Waals surface area contributed by atoms with Gasteiger partial charge in [0.25, 0.3) is 5.91 Å². The molecule has 1 aliphatic rings. The van der Waals surface area contributed by atoms with Crippen molar-refractivity contribution < 1.29 is 14.3 Å². The van der Waals surface area contributed by atoms with Gasteiger partial charge in [-0.1, -0.05) is 28.8 Å². The standard InChI is InChI=1S/C17H13N3O3S/c21-17(14-10-24-19-18-14)20(13-4-2-1-3-5-13)9-12-6-7-15-16(8-12)23-11-22-15/h1-8,10H,9,11H2. The van der Waals surface area contributed by atoms with Crippen molar-refractivity contribution in [3.8, 4) is 11.5 Å². The number of carbonyl (C=O) groups is 1. The van der Waals surface area contributed by atoms with Crippen molar-refractivity contribution in [1.82, 2.24) is 9.59 Å². The predicted molar refractivity (Wildman–Crippen MR) is 89.4 cm³/mol. The van der Waals surface area contributed by atoms with E-state index in [4.69, 9.17) is 9.47 Å². The van der Waals surface area contributed by atoms with Gasteiger partial charge < -0.3 is 14.4 Å². The minimum absolute atomic E-state index is 0.187. The number of anilines is 1. The Balaban J connectivity index is 1.67. The fourth-order valence-electron chi connectivity index (χ4n) is 2.51. The largest absolute Gasteiger partial charge is 0.454 e. The summed E-state index contributed by atoms with van der Waals surface area (Å²) in [6, 6.07) is 15.2. The van der Waals surface area contributed by atoms with E-state index in [2.05, 4.69) is 9.59 Å². The van der Waals surface area contributed by atoms with Gasteiger partial charge in [0.05, 0.1) is 6.54 Å². The van der Waals surface area contributed by atoms with Crippen LogP contribution in [0.5, 0.6) is 11.5 Å². The van der Waals surface area contributed by atoms with Gasteiger partial charge in [0, 0.05) is 11.1 Å². The van der Waals surface area contributed by atoms with Crippen molar-refractivity contribution in [2.24, 2.45) is 0 Å². The summed E-state index contributed by atoms with van der Waals surface area (Å²) in [5.41, 5.74) is 2.08. The van der Waals surface area contributed by atoms with Crippen LogP contribution in [0, 0.1) is 0 Å². The Morgan fingerprint density at radius 1 is 1.12 bits per heavy atom. The monoisotopic (exact) mass is 339 g/mol. The molecule has 1 aromatic heterocycles. The highest BCUT2D eigenvalue weighted by molar-refractivity contribution is 7.03. The topological polar surface area (TPSA) is 64.6 Å². The van der Waals surface area contributed by atoms with Crippen molar-refractivity contribution in [2.45, 2.75) is 6.54 Å². The van der Waals surface area contributed by atoms with Crippen LogP contribution < -0.4 is 14.4 Å². The zero-order chi connectivity index (χ0) is 16.4. The van der Waals surface area contributed by atoms with Crippen molar-refractivity contribution >= 4 is 23.1 Å². The zero-order valence-electron chi connectivity index (χ0n) is 12.6. The molecule has 0 saturated carbocycles. The molecule has 24 heavy (non-hydrogen) atoms. The zero-order valence-corrected chi connectivity index (χ0v) is 13.4. The fourth-order valence-corrected chi connectivity index (χ4v) is 2.94. The van der Waals surface area contributed by atoms with Gasteiger partial charge >= 0.3 is 0 Å². The Morgan fingerprint density at radius 2 is 1.96 bits per heavy atom. The summed E-state index contributed by atoms with van der Waals surface area (Å²) in [6.45, 7) is 0.627. The molecule has 1 aliphatic heterocycles. The number of aromatic nitrogens is 2. The Labute approximate surface area is 142 Å². The van der Waals surface area contributed by atoms with Crippen molar-refractivity contribution in [1.29, 1.82) is 0 Å². The van der Waals surface area contributed by atoms with Crippen LogP contribution in [0.15, 0.2) is 53.9 Å². The molecular weight excluding hydrogens is 326 g/mol. The lowest BCUT2D eigenvalue weighted by Crippen LogP contribution is -2.30. The third kappa shape index (κ3) is 2.81. The highest BCUT2D eigenvalue weighted by Gasteiger charge is 2.21. The van der Waals surface area contributed by atoms with Crippen LogP contribution in [0.25, 0.3) is 0 Å². The predicted octanol–water partition coefficient (Wildman–Crippen LogP) is 3.11. The molecule has 0 atom stereocenters. The maximum Gasteiger partial charge on any atom is 0.280 e. The fraction of sp³-hybridized carbons (Fsp3) is 0.118. The van der Waals surface area contributed by atoms with Crippen LogP contribution in [-0.4, -0.2) is 22.3 Å². The molecule has 0 bridgehead atoms. The van der Waals surface area contributed by atoms with Gasteiger partial charge in [0.15, 0.2) is 17.2 Å². The first-order valence-electron chi connectivity index (χ1n) is 7.34. The second-order valence-corrected chi connectivity index (χ2v) is 5.81. The number of ether oxygens (including phenoxy) is 2. The highest BCUT2D eigenvalue weighted by Crippen LogP contribution is 2.33. The molecule has 3 aromatic rings. The van der Waals surface area contributed by atoms with E-state index in [1.807, 2.05) is 48.5 Å². The van der Waals surface area contributed by atoms with Gasteiger partial charge in [0.2, 0.25) is 6.79 Å². The molecule has 2 aromatic carbocycles. The summed E-state index contributed by atoms with van der Waals surface area (Å²) >= 11 is 1.16. The van der Waals surface area contributed by atoms with Crippen molar-refractivity contribution in [2.75, 3.05) is 11.7 Å². The first kappa shape index (κ1) is 14.6. The molecule has 2 heterocycles. The lowest BCUT2D eigenvalue weighted by molar-refractivity contribution is 0.0980. The first-order valence-corrected chi connectivity index (χ1v) is 8.17. The lowest BCUT2D eigenvalue weighted by Gasteiger charge is -2.22. The molecule has 0 aliphatic carbocycles. The van der Waals surface area contributed by atoms with E-state index in [9.17, 15) is 4.79 Å². The van der Waals surface area contributed by atoms with Gasteiger partial charge in [0.1, 0.15) is 0 Å². The van der Waals surface area contributed by atoms with E-state index in [0.29, 0.717) is 18.0 Å². The number of hydrogen-bond acceptors (Lipinski definition) is 6. The minimum atomic E-state index is -0.187. The smallest absolute Gasteiger partial charge is 0.280 e. The Kier molecular flexibility index (Phi) is 3.84. The molecule has 6 nitrogen and oxygen atoms in total. The van der Waals surface area contributed by atoms with Gasteiger partial charge in [-0.15, -0.1) is 5.10 Å². The molecule has 4 rings (SSSR count). The number of carbonyl (C=O) groups excluding carboxylic acids is 1. The van der Waals surface area contributed by atoms with Gasteiger partial charge in [-0.2, -0.15) is 0 Å². The average molecular weight is 339 g/mol. The van der Waals surface area contributed by atoms with Crippen LogP contribution in [0.1, 0.15) is 16.1 Å². The number of benzene rings is 2. The average Bonchev–Trinajstić information content (AvgIpc) is 3.31. The van der Waals surface area contributed by atoms with E-state index < -0.39 is 0 Å². The second kappa shape index (κ2) is 6.29. The number of hydrogen-bond donors (Lipinski definition) is 0. The van der Waals surface area contributed by atoms with Crippen LogP contribution in [-0.2, 0) is 6.54 Å². The number of amides is 1. The summed E-state index contributed by atoms with van der Waals surface area (Å²) in [5.74, 6) is 1.23. The second-order valence-electron chi connectivity index (χ2n) is 5.20. The van der Waals surface area contributed by atoms with Crippen LogP contribution in [0.3, 0.4) is 0 Å². The molecule has 0 N–H and O–H groups in total. The van der Waals surface area contributed by atoms with Gasteiger partial charge in [-0.3, -0.25) is 4.79 Å². The summed E-state index contributed by atoms with van der Waals surface area (Å²) < 4.78 is 14.5. The lowest BCUT2D eigenvalue weighted by atomic mass is 10.1. The Bertz CT molecular complexity index is 853. The summed E-state index contributed by atoms with van der Waals surface area (Å²) in [6.07, 6.45) is 0. The SMILES string of the molecule is O=C(c1csnn1)N(Cc1ccc2c(c1)OCO2)c1ccccc1. The van der Waals surface area contributed by atoms with Gasteiger partial charge in [-0.25, -0.2) is 0 Å². The molecule has 0 saturated heterocycles. The molecule has 0 spiro atoms. The van der Waals surface area contributed by atoms with E-state index in [1.54, 1.807) is 10.3 Å². The van der Waals surface area contributed by atoms with E-state index in [-0.39, 0.29) is 12.7 Å². The number of para-hydroxylation sites is 1. The maximum atomic E-state index is 12.8. The molecule has 7 heteroatoms. The van der Waals surface area contributed by atoms with E-state index in [0.717, 1.165) is 28.5 Å². The minimum Gasteiger partial charge on any atom is -0.454 e. The third-order valence-electron chi connectivity index (χ3n) is 3.67. The van der Waals surface area contributed by atoms with Crippen LogP contribution >= 0.6 is 11.5 Å². The molecule has 0 unspecified atom stereocenters. The Hall–Kier alpha value is -2.93. The summed E-state index contributed by atoms with van der Waals surface area (Å²) in [4.78, 5) is 14.5. The van der Waals surface area contributed by atoms with Crippen LogP contribution in [0.4, 0.5) is 5.69 Å². The third-order valence-corrected chi connectivity index (χ3v) is 4.17. The van der Waals surface area contributed by atoms with Crippen LogP contribution in [0.2, 0.25) is 0 Å². The van der Waals surface area contributed by atoms with E-state index in [1.165, 1.54) is 0 Å². The number of fused-ring (bicyclic) bond motifs is 1. The highest BCUT2D eigenvalue weighted by atomic mass is 32.1. The first-order chi connectivity index (χ1) is 11.8.